The predicted octanol–water partition coefficient (Wildman–Crippen LogP) is 5.07. The van der Waals surface area contributed by atoms with E-state index in [-0.39, 0.29) is 18.4 Å². The fourth-order valence-electron chi connectivity index (χ4n) is 4.79. The Morgan fingerprint density at radius 3 is 2.89 bits per heavy atom. The molecule has 0 aromatic heterocycles. The van der Waals surface area contributed by atoms with Gasteiger partial charge in [0.25, 0.3) is 0 Å². The number of carbonyl (C=O) groups is 1. The summed E-state index contributed by atoms with van der Waals surface area (Å²) in [5, 5.41) is 19.2. The Hall–Kier alpha value is -1.87. The van der Waals surface area contributed by atoms with Crippen LogP contribution < -0.4 is 0 Å². The van der Waals surface area contributed by atoms with Gasteiger partial charge in [-0.05, 0) is 69.3 Å². The van der Waals surface area contributed by atoms with E-state index in [1.807, 2.05) is 0 Å². The predicted molar refractivity (Wildman–Crippen MR) is 109 cm³/mol. The highest BCUT2D eigenvalue weighted by molar-refractivity contribution is 5.66. The molecule has 1 fully saturated rings. The molecule has 0 spiro atoms. The van der Waals surface area contributed by atoms with E-state index in [2.05, 4.69) is 49.4 Å². The van der Waals surface area contributed by atoms with Gasteiger partial charge in [-0.15, -0.1) is 0 Å². The smallest absolute Gasteiger partial charge is 0.303 e. The van der Waals surface area contributed by atoms with Gasteiger partial charge in [0.2, 0.25) is 0 Å². The summed E-state index contributed by atoms with van der Waals surface area (Å²) < 4.78 is 0. The summed E-state index contributed by atoms with van der Waals surface area (Å²) in [6.45, 7) is 2.13. The summed E-state index contributed by atoms with van der Waals surface area (Å²) in [4.78, 5) is 10.6. The van der Waals surface area contributed by atoms with Crippen molar-refractivity contribution in [3.05, 3.63) is 59.2 Å². The summed E-state index contributed by atoms with van der Waals surface area (Å²) in [5.41, 5.74) is 4.15. The van der Waals surface area contributed by atoms with E-state index in [0.29, 0.717) is 11.8 Å². The summed E-state index contributed by atoms with van der Waals surface area (Å²) in [6, 6.07) is 8.66. The second-order valence-corrected chi connectivity index (χ2v) is 8.29. The SMILES string of the molecule is Cc1cccc(CC/C=C/C2[C@H]3CC(CCCCC(=O)O)=CC3C[C@H]2O)c1. The van der Waals surface area contributed by atoms with Crippen molar-refractivity contribution in [2.75, 3.05) is 0 Å². The molecule has 0 heterocycles. The van der Waals surface area contributed by atoms with Gasteiger partial charge >= 0.3 is 5.97 Å². The maximum atomic E-state index is 10.6. The molecule has 1 saturated carbocycles. The quantitative estimate of drug-likeness (QED) is 0.472. The van der Waals surface area contributed by atoms with Crippen LogP contribution in [0.2, 0.25) is 0 Å². The topological polar surface area (TPSA) is 57.5 Å². The fourth-order valence-corrected chi connectivity index (χ4v) is 4.79. The molecule has 1 aromatic carbocycles. The van der Waals surface area contributed by atoms with Crippen molar-refractivity contribution in [3.63, 3.8) is 0 Å². The van der Waals surface area contributed by atoms with Crippen LogP contribution in [0.15, 0.2) is 48.1 Å². The normalized spacial score (nSPS) is 27.1. The zero-order valence-electron chi connectivity index (χ0n) is 16.3. The molecule has 3 rings (SSSR count). The van der Waals surface area contributed by atoms with Gasteiger partial charge in [0.1, 0.15) is 0 Å². The first-order chi connectivity index (χ1) is 13.0. The van der Waals surface area contributed by atoms with E-state index in [1.165, 1.54) is 16.7 Å². The van der Waals surface area contributed by atoms with E-state index < -0.39 is 5.97 Å². The Bertz CT molecular complexity index is 703. The van der Waals surface area contributed by atoms with Crippen LogP contribution in [0.3, 0.4) is 0 Å². The lowest BCUT2D eigenvalue weighted by Crippen LogP contribution is -2.17. The van der Waals surface area contributed by atoms with Crippen molar-refractivity contribution in [1.29, 1.82) is 0 Å². The molecule has 0 radical (unpaired) electrons. The van der Waals surface area contributed by atoms with Crippen LogP contribution in [0.1, 0.15) is 56.1 Å². The van der Waals surface area contributed by atoms with Gasteiger partial charge < -0.3 is 10.2 Å². The second kappa shape index (κ2) is 9.36. The molecule has 0 saturated heterocycles. The minimum absolute atomic E-state index is 0.222. The third kappa shape index (κ3) is 5.55. The van der Waals surface area contributed by atoms with Crippen molar-refractivity contribution in [2.45, 2.75) is 64.4 Å². The molecule has 146 valence electrons. The minimum atomic E-state index is -0.703. The maximum absolute atomic E-state index is 10.6. The number of carboxylic acid groups (broad SMARTS) is 1. The zero-order chi connectivity index (χ0) is 19.2. The van der Waals surface area contributed by atoms with Crippen molar-refractivity contribution < 1.29 is 15.0 Å². The van der Waals surface area contributed by atoms with E-state index in [9.17, 15) is 9.90 Å². The molecule has 2 unspecified atom stereocenters. The first kappa shape index (κ1) is 19.9. The van der Waals surface area contributed by atoms with Gasteiger partial charge in [-0.2, -0.15) is 0 Å². The third-order valence-electron chi connectivity index (χ3n) is 6.13. The molecular formula is C24H32O3. The van der Waals surface area contributed by atoms with Crippen LogP contribution in [0.4, 0.5) is 0 Å². The second-order valence-electron chi connectivity index (χ2n) is 8.29. The average molecular weight is 369 g/mol. The average Bonchev–Trinajstić information content (AvgIpc) is 3.13. The lowest BCUT2D eigenvalue weighted by atomic mass is 9.88. The molecule has 0 amide bonds. The number of aryl methyl sites for hydroxylation is 2. The number of aliphatic hydroxyl groups excluding tert-OH is 1. The van der Waals surface area contributed by atoms with Crippen molar-refractivity contribution >= 4 is 5.97 Å². The highest BCUT2D eigenvalue weighted by Crippen LogP contribution is 2.48. The number of unbranched alkanes of at least 4 members (excludes halogenated alkanes) is 1. The van der Waals surface area contributed by atoms with E-state index in [0.717, 1.165) is 44.9 Å². The number of rotatable bonds is 9. The highest BCUT2D eigenvalue weighted by atomic mass is 16.4. The molecule has 3 nitrogen and oxygen atoms in total. The summed E-state index contributed by atoms with van der Waals surface area (Å²) in [7, 11) is 0. The van der Waals surface area contributed by atoms with Crippen LogP contribution in [0.25, 0.3) is 0 Å². The third-order valence-corrected chi connectivity index (χ3v) is 6.13. The molecule has 27 heavy (non-hydrogen) atoms. The van der Waals surface area contributed by atoms with E-state index in [1.54, 1.807) is 0 Å². The number of benzene rings is 1. The minimum Gasteiger partial charge on any atom is -0.481 e. The van der Waals surface area contributed by atoms with Gasteiger partial charge in [-0.3, -0.25) is 4.79 Å². The molecular weight excluding hydrogens is 336 g/mol. The fraction of sp³-hybridized carbons (Fsp3) is 0.542. The number of carboxylic acids is 1. The lowest BCUT2D eigenvalue weighted by Gasteiger charge is -2.18. The number of hydrogen-bond acceptors (Lipinski definition) is 2. The molecule has 4 atom stereocenters. The number of aliphatic carboxylic acids is 1. The molecule has 2 aliphatic rings. The highest BCUT2D eigenvalue weighted by Gasteiger charge is 2.42. The Morgan fingerprint density at radius 2 is 2.11 bits per heavy atom. The van der Waals surface area contributed by atoms with Crippen molar-refractivity contribution in [1.82, 2.24) is 0 Å². The monoisotopic (exact) mass is 368 g/mol. The Morgan fingerprint density at radius 1 is 1.26 bits per heavy atom. The number of aliphatic hydroxyl groups is 1. The maximum Gasteiger partial charge on any atom is 0.303 e. The summed E-state index contributed by atoms with van der Waals surface area (Å²) in [6.07, 6.45) is 13.7. The van der Waals surface area contributed by atoms with Gasteiger partial charge in [-0.1, -0.05) is 53.6 Å². The van der Waals surface area contributed by atoms with E-state index in [4.69, 9.17) is 5.11 Å². The first-order valence-electron chi connectivity index (χ1n) is 10.3. The summed E-state index contributed by atoms with van der Waals surface area (Å²) >= 11 is 0. The van der Waals surface area contributed by atoms with Crippen LogP contribution >= 0.6 is 0 Å². The van der Waals surface area contributed by atoms with Crippen molar-refractivity contribution in [3.8, 4) is 0 Å². The largest absolute Gasteiger partial charge is 0.481 e. The standard InChI is InChI=1S/C24H32O3/c1-17-7-6-10-18(13-17)8-2-4-11-21-22-15-19(9-3-5-12-24(26)27)14-20(22)16-23(21)25/h4,6-7,10-11,13-14,20-23,25H,2-3,5,8-9,12,15-16H2,1H3,(H,26,27)/b11-4+/t20?,21?,22-,23+/m0/s1. The summed E-state index contributed by atoms with van der Waals surface area (Å²) in [5.74, 6) is 0.595. The Balaban J connectivity index is 1.46. The van der Waals surface area contributed by atoms with Crippen LogP contribution in [0, 0.1) is 24.7 Å². The number of allylic oxidation sites excluding steroid dienone is 3. The van der Waals surface area contributed by atoms with Crippen LogP contribution in [-0.2, 0) is 11.2 Å². The number of hydrogen-bond donors (Lipinski definition) is 2. The van der Waals surface area contributed by atoms with E-state index >= 15 is 0 Å². The zero-order valence-corrected chi connectivity index (χ0v) is 16.3. The first-order valence-corrected chi connectivity index (χ1v) is 10.3. The molecule has 2 N–H and O–H groups in total. The molecule has 1 aromatic rings. The van der Waals surface area contributed by atoms with Gasteiger partial charge in [-0.25, -0.2) is 0 Å². The van der Waals surface area contributed by atoms with Gasteiger partial charge in [0, 0.05) is 12.3 Å². The lowest BCUT2D eigenvalue weighted by molar-refractivity contribution is -0.137. The Kier molecular flexibility index (Phi) is 6.89. The van der Waals surface area contributed by atoms with Gasteiger partial charge in [0.05, 0.1) is 6.10 Å². The Labute approximate surface area is 162 Å². The molecule has 2 aliphatic carbocycles. The molecule has 0 aliphatic heterocycles. The molecule has 0 bridgehead atoms. The number of fused-ring (bicyclic) bond motifs is 1. The van der Waals surface area contributed by atoms with Crippen molar-refractivity contribution in [2.24, 2.45) is 17.8 Å². The van der Waals surface area contributed by atoms with Crippen LogP contribution in [0.5, 0.6) is 0 Å². The van der Waals surface area contributed by atoms with Gasteiger partial charge in [0.15, 0.2) is 0 Å². The molecule has 3 heteroatoms. The van der Waals surface area contributed by atoms with Crippen LogP contribution in [-0.4, -0.2) is 22.3 Å².